The van der Waals surface area contributed by atoms with Crippen LogP contribution in [0, 0.1) is 23.0 Å². The average Bonchev–Trinajstić information content (AvgIpc) is 2.01. The molecule has 1 atom stereocenters. The lowest BCUT2D eigenvalue weighted by atomic mass is 10.0. The highest BCUT2D eigenvalue weighted by atomic mass is 79.9. The van der Waals surface area contributed by atoms with Crippen molar-refractivity contribution < 1.29 is 8.78 Å². The molecule has 0 fully saturated rings. The first kappa shape index (κ1) is 14.3. The Morgan fingerprint density at radius 1 is 1.40 bits per heavy atom. The van der Waals surface area contributed by atoms with E-state index in [0.29, 0.717) is 4.47 Å². The van der Waals surface area contributed by atoms with E-state index >= 15 is 0 Å². The van der Waals surface area contributed by atoms with Gasteiger partial charge in [0.1, 0.15) is 11.6 Å². The molecule has 1 aromatic carbocycles. The van der Waals surface area contributed by atoms with Crippen molar-refractivity contribution in [3.8, 4) is 6.07 Å². The molecule has 0 spiro atoms. The van der Waals surface area contributed by atoms with E-state index in [0.717, 1.165) is 12.1 Å². The third kappa shape index (κ3) is 3.42. The summed E-state index contributed by atoms with van der Waals surface area (Å²) in [5.74, 6) is -1.47. The number of nitrogens with zero attached hydrogens (tertiary/aromatic N) is 1. The molecular formula is C9H8BrClF2N2. The van der Waals surface area contributed by atoms with E-state index in [9.17, 15) is 8.78 Å². The van der Waals surface area contributed by atoms with Crippen LogP contribution in [-0.4, -0.2) is 0 Å². The van der Waals surface area contributed by atoms with Gasteiger partial charge in [0, 0.05) is 16.1 Å². The third-order valence-corrected chi connectivity index (χ3v) is 2.18. The van der Waals surface area contributed by atoms with Crippen molar-refractivity contribution in [1.82, 2.24) is 0 Å². The lowest BCUT2D eigenvalue weighted by Crippen LogP contribution is -2.13. The van der Waals surface area contributed by atoms with Crippen molar-refractivity contribution in [2.24, 2.45) is 5.73 Å². The van der Waals surface area contributed by atoms with Crippen molar-refractivity contribution in [2.75, 3.05) is 0 Å². The molecule has 0 radical (unpaired) electrons. The molecule has 0 aliphatic heterocycles. The molecule has 0 bridgehead atoms. The molecule has 0 aliphatic carbocycles. The number of nitrogens with two attached hydrogens (primary N) is 1. The van der Waals surface area contributed by atoms with Gasteiger partial charge in [0.05, 0.1) is 12.5 Å². The van der Waals surface area contributed by atoms with E-state index in [-0.39, 0.29) is 24.4 Å². The fraction of sp³-hybridized carbons (Fsp3) is 0.222. The molecule has 0 saturated carbocycles. The second-order valence-corrected chi connectivity index (χ2v) is 3.67. The van der Waals surface area contributed by atoms with Crippen LogP contribution < -0.4 is 5.73 Å². The number of hydrogen-bond donors (Lipinski definition) is 1. The molecule has 0 unspecified atom stereocenters. The van der Waals surface area contributed by atoms with E-state index in [1.165, 1.54) is 0 Å². The second-order valence-electron chi connectivity index (χ2n) is 2.75. The van der Waals surface area contributed by atoms with Crippen LogP contribution in [0.25, 0.3) is 0 Å². The van der Waals surface area contributed by atoms with Crippen molar-refractivity contribution in [3.63, 3.8) is 0 Å². The molecule has 0 heterocycles. The molecule has 82 valence electrons. The number of nitriles is 1. The van der Waals surface area contributed by atoms with E-state index in [1.54, 1.807) is 6.07 Å². The first-order valence-corrected chi connectivity index (χ1v) is 4.62. The van der Waals surface area contributed by atoms with E-state index in [1.807, 2.05) is 0 Å². The zero-order valence-electron chi connectivity index (χ0n) is 7.51. The monoisotopic (exact) mass is 296 g/mol. The van der Waals surface area contributed by atoms with Crippen LogP contribution in [0.3, 0.4) is 0 Å². The molecule has 0 aliphatic rings. The van der Waals surface area contributed by atoms with Crippen molar-refractivity contribution in [3.05, 3.63) is 33.8 Å². The fourth-order valence-corrected chi connectivity index (χ4v) is 1.51. The van der Waals surface area contributed by atoms with Crippen molar-refractivity contribution in [2.45, 2.75) is 12.5 Å². The zero-order chi connectivity index (χ0) is 10.7. The Morgan fingerprint density at radius 2 is 1.87 bits per heavy atom. The molecule has 0 saturated heterocycles. The molecule has 2 N–H and O–H groups in total. The van der Waals surface area contributed by atoms with Gasteiger partial charge in [-0.3, -0.25) is 0 Å². The quantitative estimate of drug-likeness (QED) is 0.912. The molecule has 15 heavy (non-hydrogen) atoms. The molecule has 1 rings (SSSR count). The highest BCUT2D eigenvalue weighted by molar-refractivity contribution is 9.10. The highest BCUT2D eigenvalue weighted by Crippen LogP contribution is 2.24. The predicted molar refractivity (Wildman–Crippen MR) is 58.5 cm³/mol. The predicted octanol–water partition coefficient (Wildman–Crippen LogP) is 3.06. The summed E-state index contributed by atoms with van der Waals surface area (Å²) in [5, 5.41) is 8.35. The molecule has 0 aromatic heterocycles. The molecule has 0 amide bonds. The normalized spacial score (nSPS) is 11.4. The maximum absolute atomic E-state index is 13.2. The summed E-state index contributed by atoms with van der Waals surface area (Å²) in [6.07, 6.45) is -0.116. The molecule has 2 nitrogen and oxygen atoms in total. The maximum atomic E-state index is 13.2. The van der Waals surface area contributed by atoms with Crippen molar-refractivity contribution >= 4 is 28.3 Å². The molecular weight excluding hydrogens is 289 g/mol. The number of rotatable bonds is 2. The van der Waals surface area contributed by atoms with Gasteiger partial charge in [0.2, 0.25) is 0 Å². The van der Waals surface area contributed by atoms with Gasteiger partial charge in [0.15, 0.2) is 0 Å². The minimum Gasteiger partial charge on any atom is -0.323 e. The van der Waals surface area contributed by atoms with Crippen LogP contribution in [0.5, 0.6) is 0 Å². The lowest BCUT2D eigenvalue weighted by Gasteiger charge is -2.10. The largest absolute Gasteiger partial charge is 0.323 e. The summed E-state index contributed by atoms with van der Waals surface area (Å²) in [4.78, 5) is 0. The van der Waals surface area contributed by atoms with Gasteiger partial charge < -0.3 is 5.73 Å². The van der Waals surface area contributed by atoms with Crippen LogP contribution in [0.2, 0.25) is 0 Å². The number of benzene rings is 1. The first-order chi connectivity index (χ1) is 6.56. The Balaban J connectivity index is 0.00000196. The van der Waals surface area contributed by atoms with Gasteiger partial charge in [-0.1, -0.05) is 15.9 Å². The summed E-state index contributed by atoms with van der Waals surface area (Å²) >= 11 is 2.95. The van der Waals surface area contributed by atoms with Crippen molar-refractivity contribution in [1.29, 1.82) is 5.26 Å². The van der Waals surface area contributed by atoms with Crippen LogP contribution in [0.1, 0.15) is 18.0 Å². The van der Waals surface area contributed by atoms with Gasteiger partial charge in [0.25, 0.3) is 0 Å². The highest BCUT2D eigenvalue weighted by Gasteiger charge is 2.17. The molecule has 6 heteroatoms. The van der Waals surface area contributed by atoms with E-state index < -0.39 is 17.7 Å². The number of halogens is 4. The smallest absolute Gasteiger partial charge is 0.132 e. The minimum atomic E-state index is -0.923. The topological polar surface area (TPSA) is 49.8 Å². The second kappa shape index (κ2) is 6.01. The summed E-state index contributed by atoms with van der Waals surface area (Å²) in [6, 6.07) is 3.08. The average molecular weight is 298 g/mol. The standard InChI is InChI=1S/C9H7BrF2N2.ClH/c10-5-3-6(11)9(7(12)4-5)8(14)1-2-13;/h3-4,8H,1,14H2;1H/t8-;/m1./s1. The SMILES string of the molecule is Cl.N#CC[C@@H](N)c1c(F)cc(Br)cc1F. The minimum absolute atomic E-state index is 0. The van der Waals surface area contributed by atoms with E-state index in [2.05, 4.69) is 15.9 Å². The van der Waals surface area contributed by atoms with Crippen LogP contribution in [0.4, 0.5) is 8.78 Å². The maximum Gasteiger partial charge on any atom is 0.132 e. The Morgan fingerprint density at radius 3 is 2.27 bits per heavy atom. The Hall–Kier alpha value is -0.700. The van der Waals surface area contributed by atoms with E-state index in [4.69, 9.17) is 11.0 Å². The third-order valence-electron chi connectivity index (χ3n) is 1.73. The van der Waals surface area contributed by atoms with Gasteiger partial charge in [-0.2, -0.15) is 5.26 Å². The molecule has 1 aromatic rings. The van der Waals surface area contributed by atoms with Gasteiger partial charge in [-0.05, 0) is 12.1 Å². The van der Waals surface area contributed by atoms with Gasteiger partial charge in [-0.15, -0.1) is 12.4 Å². The Labute approximate surface area is 101 Å². The van der Waals surface area contributed by atoms with Gasteiger partial charge in [-0.25, -0.2) is 8.78 Å². The summed E-state index contributed by atoms with van der Waals surface area (Å²) in [5.41, 5.74) is 5.20. The number of hydrogen-bond acceptors (Lipinski definition) is 2. The van der Waals surface area contributed by atoms with Crippen LogP contribution in [-0.2, 0) is 0 Å². The first-order valence-electron chi connectivity index (χ1n) is 3.83. The van der Waals surface area contributed by atoms with Crippen LogP contribution >= 0.6 is 28.3 Å². The Bertz CT molecular complexity index is 369. The fourth-order valence-electron chi connectivity index (χ4n) is 1.11. The summed E-state index contributed by atoms with van der Waals surface area (Å²) in [6.45, 7) is 0. The summed E-state index contributed by atoms with van der Waals surface area (Å²) < 4.78 is 26.8. The zero-order valence-corrected chi connectivity index (χ0v) is 9.91. The Kier molecular flexibility index (Phi) is 5.73. The van der Waals surface area contributed by atoms with Crippen LogP contribution in [0.15, 0.2) is 16.6 Å². The summed E-state index contributed by atoms with van der Waals surface area (Å²) in [7, 11) is 0. The van der Waals surface area contributed by atoms with Gasteiger partial charge >= 0.3 is 0 Å². The lowest BCUT2D eigenvalue weighted by molar-refractivity contribution is 0.527.